The van der Waals surface area contributed by atoms with Crippen LogP contribution in [0, 0.1) is 5.41 Å². The van der Waals surface area contributed by atoms with Crippen LogP contribution < -0.4 is 15.4 Å². The summed E-state index contributed by atoms with van der Waals surface area (Å²) in [6, 6.07) is 0. The zero-order valence-corrected chi connectivity index (χ0v) is 18.7. The van der Waals surface area contributed by atoms with Gasteiger partial charge in [-0.15, -0.1) is 24.0 Å². The van der Waals surface area contributed by atoms with Crippen molar-refractivity contribution in [1.29, 1.82) is 0 Å². The predicted octanol–water partition coefficient (Wildman–Crippen LogP) is 0.357. The van der Waals surface area contributed by atoms with Crippen molar-refractivity contribution in [2.24, 2.45) is 10.4 Å². The summed E-state index contributed by atoms with van der Waals surface area (Å²) < 4.78 is 25.2. The van der Waals surface area contributed by atoms with Crippen LogP contribution in [0.2, 0.25) is 0 Å². The number of nitrogens with one attached hydrogen (secondary N) is 3. The van der Waals surface area contributed by atoms with Crippen molar-refractivity contribution in [3.63, 3.8) is 0 Å². The lowest BCUT2D eigenvalue weighted by molar-refractivity contribution is -0.138. The van der Waals surface area contributed by atoms with Crippen LogP contribution in [0.3, 0.4) is 0 Å². The standard InChI is InChI=1S/C15H31N5O3S.HI/c1-5-24(22,23)19-11-10-17-14(16-2)18-12-15(8-6-7-9-15)13(21)20(3)4;/h19H,5-12H2,1-4H3,(H2,16,17,18);1H. The number of amides is 1. The molecule has 1 fully saturated rings. The van der Waals surface area contributed by atoms with E-state index in [9.17, 15) is 13.2 Å². The minimum absolute atomic E-state index is 0. The summed E-state index contributed by atoms with van der Waals surface area (Å²) in [6.45, 7) is 2.84. The zero-order chi connectivity index (χ0) is 18.2. The van der Waals surface area contributed by atoms with Crippen molar-refractivity contribution in [2.45, 2.75) is 32.6 Å². The number of halogens is 1. The first-order chi connectivity index (χ1) is 11.3. The second-order valence-electron chi connectivity index (χ2n) is 6.34. The summed E-state index contributed by atoms with van der Waals surface area (Å²) in [5.41, 5.74) is -0.370. The third-order valence-corrected chi connectivity index (χ3v) is 5.76. The van der Waals surface area contributed by atoms with Crippen LogP contribution in [0.25, 0.3) is 0 Å². The Bertz CT molecular complexity index is 545. The molecule has 1 saturated carbocycles. The molecule has 1 amide bonds. The highest BCUT2D eigenvalue weighted by molar-refractivity contribution is 14.0. The summed E-state index contributed by atoms with van der Waals surface area (Å²) >= 11 is 0. The Hall–Kier alpha value is -0.620. The van der Waals surface area contributed by atoms with Crippen LogP contribution >= 0.6 is 24.0 Å². The number of carbonyl (C=O) groups is 1. The normalized spacial score (nSPS) is 16.9. The van der Waals surface area contributed by atoms with E-state index in [2.05, 4.69) is 20.3 Å². The van der Waals surface area contributed by atoms with Crippen molar-refractivity contribution in [2.75, 3.05) is 46.5 Å². The minimum Gasteiger partial charge on any atom is -0.355 e. The highest BCUT2D eigenvalue weighted by Crippen LogP contribution is 2.38. The van der Waals surface area contributed by atoms with Crippen molar-refractivity contribution in [1.82, 2.24) is 20.3 Å². The molecule has 0 atom stereocenters. The van der Waals surface area contributed by atoms with Gasteiger partial charge in [0.15, 0.2) is 5.96 Å². The van der Waals surface area contributed by atoms with Gasteiger partial charge in [-0.05, 0) is 19.8 Å². The maximum Gasteiger partial charge on any atom is 0.230 e. The molecule has 0 aromatic carbocycles. The van der Waals surface area contributed by atoms with E-state index in [1.165, 1.54) is 0 Å². The van der Waals surface area contributed by atoms with Gasteiger partial charge in [0.2, 0.25) is 15.9 Å². The lowest BCUT2D eigenvalue weighted by Crippen LogP contribution is -2.50. The SMILES string of the molecule is CCS(=O)(=O)NCCNC(=NC)NCC1(C(=O)N(C)C)CCCC1.I. The van der Waals surface area contributed by atoms with Crippen LogP contribution in [-0.2, 0) is 14.8 Å². The van der Waals surface area contributed by atoms with E-state index in [1.54, 1.807) is 33.0 Å². The van der Waals surface area contributed by atoms with E-state index >= 15 is 0 Å². The molecule has 0 bridgehead atoms. The summed E-state index contributed by atoms with van der Waals surface area (Å²) in [7, 11) is 2.05. The molecule has 1 aliphatic carbocycles. The van der Waals surface area contributed by atoms with Crippen LogP contribution in [0.5, 0.6) is 0 Å². The molecule has 8 nitrogen and oxygen atoms in total. The lowest BCUT2D eigenvalue weighted by Gasteiger charge is -2.31. The number of aliphatic imine (C=N–C) groups is 1. The number of guanidine groups is 1. The number of nitrogens with zero attached hydrogens (tertiary/aromatic N) is 2. The van der Waals surface area contributed by atoms with E-state index in [0.29, 0.717) is 25.6 Å². The van der Waals surface area contributed by atoms with Crippen LogP contribution in [0.15, 0.2) is 4.99 Å². The molecule has 0 saturated heterocycles. The molecule has 25 heavy (non-hydrogen) atoms. The molecule has 148 valence electrons. The van der Waals surface area contributed by atoms with Crippen LogP contribution in [0.1, 0.15) is 32.6 Å². The summed E-state index contributed by atoms with van der Waals surface area (Å²) in [4.78, 5) is 18.3. The Morgan fingerprint density at radius 2 is 1.76 bits per heavy atom. The smallest absolute Gasteiger partial charge is 0.230 e. The van der Waals surface area contributed by atoms with Crippen molar-refractivity contribution in [3.05, 3.63) is 0 Å². The fourth-order valence-corrected chi connectivity index (χ4v) is 3.57. The zero-order valence-electron chi connectivity index (χ0n) is 15.6. The molecule has 3 N–H and O–H groups in total. The maximum absolute atomic E-state index is 12.5. The van der Waals surface area contributed by atoms with Gasteiger partial charge in [-0.1, -0.05) is 12.8 Å². The molecule has 0 radical (unpaired) electrons. The van der Waals surface area contributed by atoms with Crippen molar-refractivity contribution in [3.8, 4) is 0 Å². The third kappa shape index (κ3) is 7.65. The molecule has 1 rings (SSSR count). The maximum atomic E-state index is 12.5. The molecule has 0 aromatic heterocycles. The van der Waals surface area contributed by atoms with Crippen molar-refractivity contribution >= 4 is 45.9 Å². The number of sulfonamides is 1. The average molecular weight is 489 g/mol. The fraction of sp³-hybridized carbons (Fsp3) is 0.867. The molecule has 0 aromatic rings. The Morgan fingerprint density at radius 3 is 2.24 bits per heavy atom. The number of hydrogen-bond acceptors (Lipinski definition) is 4. The third-order valence-electron chi connectivity index (χ3n) is 4.36. The summed E-state index contributed by atoms with van der Waals surface area (Å²) in [5, 5.41) is 6.28. The molecular weight excluding hydrogens is 457 g/mol. The quantitative estimate of drug-likeness (QED) is 0.198. The van der Waals surface area contributed by atoms with Crippen molar-refractivity contribution < 1.29 is 13.2 Å². The monoisotopic (exact) mass is 489 g/mol. The molecular formula is C15H32IN5O3S. The van der Waals surface area contributed by atoms with Gasteiger partial charge in [-0.2, -0.15) is 0 Å². The van der Waals surface area contributed by atoms with E-state index in [4.69, 9.17) is 0 Å². The Morgan fingerprint density at radius 1 is 1.16 bits per heavy atom. The van der Waals surface area contributed by atoms with Gasteiger partial charge in [0.1, 0.15) is 0 Å². The second-order valence-corrected chi connectivity index (χ2v) is 8.43. The Labute approximate surface area is 168 Å². The minimum atomic E-state index is -3.18. The van der Waals surface area contributed by atoms with E-state index < -0.39 is 10.0 Å². The molecule has 0 unspecified atom stereocenters. The van der Waals surface area contributed by atoms with Gasteiger partial charge in [0.05, 0.1) is 11.2 Å². The molecule has 0 aliphatic heterocycles. The summed E-state index contributed by atoms with van der Waals surface area (Å²) in [5.74, 6) is 0.789. The van der Waals surface area contributed by atoms with Crippen LogP contribution in [-0.4, -0.2) is 71.7 Å². The topological polar surface area (TPSA) is 103 Å². The number of carbonyl (C=O) groups excluding carboxylic acids is 1. The molecule has 1 aliphatic rings. The Balaban J connectivity index is 0.00000576. The first kappa shape index (κ1) is 24.4. The van der Waals surface area contributed by atoms with E-state index in [1.807, 2.05) is 0 Å². The average Bonchev–Trinajstić information content (AvgIpc) is 3.03. The highest BCUT2D eigenvalue weighted by atomic mass is 127. The van der Waals surface area contributed by atoms with Gasteiger partial charge in [0, 0.05) is 40.8 Å². The van der Waals surface area contributed by atoms with E-state index in [0.717, 1.165) is 25.7 Å². The molecule has 0 spiro atoms. The van der Waals surface area contributed by atoms with Gasteiger partial charge < -0.3 is 15.5 Å². The van der Waals surface area contributed by atoms with Gasteiger partial charge in [-0.3, -0.25) is 9.79 Å². The number of rotatable bonds is 8. The molecule has 0 heterocycles. The molecule has 10 heteroatoms. The van der Waals surface area contributed by atoms with Gasteiger partial charge in [-0.25, -0.2) is 13.1 Å². The highest BCUT2D eigenvalue weighted by Gasteiger charge is 2.42. The predicted molar refractivity (Wildman–Crippen MR) is 112 cm³/mol. The van der Waals surface area contributed by atoms with Gasteiger partial charge in [0.25, 0.3) is 0 Å². The first-order valence-electron chi connectivity index (χ1n) is 8.40. The largest absolute Gasteiger partial charge is 0.355 e. The number of hydrogen-bond donors (Lipinski definition) is 3. The fourth-order valence-electron chi connectivity index (χ4n) is 2.96. The van der Waals surface area contributed by atoms with Crippen LogP contribution in [0.4, 0.5) is 0 Å². The first-order valence-corrected chi connectivity index (χ1v) is 10.0. The van der Waals surface area contributed by atoms with E-state index in [-0.39, 0.29) is 41.1 Å². The van der Waals surface area contributed by atoms with Gasteiger partial charge >= 0.3 is 0 Å². The second kappa shape index (κ2) is 11.2. The summed E-state index contributed by atoms with van der Waals surface area (Å²) in [6.07, 6.45) is 3.88. The Kier molecular flexibility index (Phi) is 10.9. The lowest BCUT2D eigenvalue weighted by atomic mass is 9.84.